The predicted octanol–water partition coefficient (Wildman–Crippen LogP) is 5.65. The van der Waals surface area contributed by atoms with Crippen molar-refractivity contribution in [2.75, 3.05) is 16.8 Å². The molecule has 1 aliphatic rings. The van der Waals surface area contributed by atoms with Gasteiger partial charge in [-0.05, 0) is 81.0 Å². The van der Waals surface area contributed by atoms with Crippen LogP contribution in [0, 0.1) is 18.3 Å². The molecule has 1 atom stereocenters. The summed E-state index contributed by atoms with van der Waals surface area (Å²) >= 11 is 0. The van der Waals surface area contributed by atoms with Gasteiger partial charge in [-0.25, -0.2) is 0 Å². The van der Waals surface area contributed by atoms with Gasteiger partial charge in [0.1, 0.15) is 11.6 Å². The fraction of sp³-hybridized carbons (Fsp3) is 0.360. The smallest absolute Gasteiger partial charge is 0.266 e. The molecule has 3 rings (SSSR count). The number of fused-ring (bicyclic) bond motifs is 1. The largest absolute Gasteiger partial charge is 0.366 e. The Morgan fingerprint density at radius 2 is 2.03 bits per heavy atom. The molecular weight excluding hydrogens is 358 g/mol. The zero-order valence-electron chi connectivity index (χ0n) is 17.9. The number of carbonyl (C=O) groups excluding carboxylic acids is 1. The third kappa shape index (κ3) is 4.19. The summed E-state index contributed by atoms with van der Waals surface area (Å²) in [5.41, 5.74) is 5.30. The Bertz CT molecular complexity index is 997. The first-order valence-electron chi connectivity index (χ1n) is 10.2. The van der Waals surface area contributed by atoms with Gasteiger partial charge in [-0.2, -0.15) is 5.26 Å². The maximum Gasteiger partial charge on any atom is 0.266 e. The van der Waals surface area contributed by atoms with E-state index < -0.39 is 0 Å². The van der Waals surface area contributed by atoms with Crippen molar-refractivity contribution in [2.24, 2.45) is 0 Å². The fourth-order valence-electron chi connectivity index (χ4n) is 4.42. The van der Waals surface area contributed by atoms with Crippen LogP contribution in [0.4, 0.5) is 11.4 Å². The topological polar surface area (TPSA) is 56.1 Å². The van der Waals surface area contributed by atoms with Crippen molar-refractivity contribution < 1.29 is 4.79 Å². The first-order valence-corrected chi connectivity index (χ1v) is 10.2. The van der Waals surface area contributed by atoms with Gasteiger partial charge >= 0.3 is 0 Å². The van der Waals surface area contributed by atoms with Crippen LogP contribution in [0.15, 0.2) is 48.0 Å². The van der Waals surface area contributed by atoms with Crippen LogP contribution in [0.1, 0.15) is 56.7 Å². The molecule has 1 aliphatic heterocycles. The molecule has 0 aromatic heterocycles. The summed E-state index contributed by atoms with van der Waals surface area (Å²) in [7, 11) is 0. The number of nitrogens with one attached hydrogen (secondary N) is 1. The van der Waals surface area contributed by atoms with E-state index in [0.29, 0.717) is 5.92 Å². The van der Waals surface area contributed by atoms with E-state index in [1.165, 1.54) is 11.3 Å². The standard InChI is InChI=1S/C25H29N3O/c1-6-28-23-12-11-19(14-21(23)18(3)15-25(28,4)5)13-20(16-26)24(29)27-22-10-8-7-9-17(22)2/h7-14,18H,6,15H2,1-5H3,(H,27,29)/b20-13+. The minimum Gasteiger partial charge on any atom is -0.366 e. The van der Waals surface area contributed by atoms with Crippen LogP contribution in [-0.4, -0.2) is 18.0 Å². The molecule has 0 saturated carbocycles. The zero-order chi connectivity index (χ0) is 21.2. The highest BCUT2D eigenvalue weighted by Crippen LogP contribution is 2.43. The van der Waals surface area contributed by atoms with Gasteiger partial charge in [0, 0.05) is 23.5 Å². The number of aryl methyl sites for hydroxylation is 1. The first-order chi connectivity index (χ1) is 13.8. The second kappa shape index (κ2) is 8.13. The average molecular weight is 388 g/mol. The summed E-state index contributed by atoms with van der Waals surface area (Å²) in [6, 6.07) is 15.8. The molecule has 1 heterocycles. The molecular formula is C25H29N3O. The van der Waals surface area contributed by atoms with Crippen molar-refractivity contribution in [3.8, 4) is 6.07 Å². The summed E-state index contributed by atoms with van der Waals surface area (Å²) in [6.07, 6.45) is 2.75. The lowest BCUT2D eigenvalue weighted by molar-refractivity contribution is -0.112. The molecule has 2 aromatic carbocycles. The average Bonchev–Trinajstić information content (AvgIpc) is 2.67. The molecule has 4 heteroatoms. The van der Waals surface area contributed by atoms with Gasteiger partial charge in [-0.1, -0.05) is 31.2 Å². The molecule has 0 saturated heterocycles. The molecule has 1 unspecified atom stereocenters. The fourth-order valence-corrected chi connectivity index (χ4v) is 4.42. The summed E-state index contributed by atoms with van der Waals surface area (Å²) in [5.74, 6) is 0.0337. The normalized spacial score (nSPS) is 18.0. The number of nitriles is 1. The van der Waals surface area contributed by atoms with Crippen molar-refractivity contribution in [3.63, 3.8) is 0 Å². The van der Waals surface area contributed by atoms with Crippen molar-refractivity contribution in [2.45, 2.75) is 52.5 Å². The molecule has 2 aromatic rings. The third-order valence-corrected chi connectivity index (χ3v) is 5.80. The van der Waals surface area contributed by atoms with Crippen LogP contribution in [0.2, 0.25) is 0 Å². The number of carbonyl (C=O) groups is 1. The van der Waals surface area contributed by atoms with E-state index >= 15 is 0 Å². The Labute approximate surface area is 173 Å². The van der Waals surface area contributed by atoms with Crippen molar-refractivity contribution in [1.82, 2.24) is 0 Å². The van der Waals surface area contributed by atoms with Crippen LogP contribution in [0.3, 0.4) is 0 Å². The number of anilines is 2. The second-order valence-electron chi connectivity index (χ2n) is 8.42. The van der Waals surface area contributed by atoms with E-state index in [2.05, 4.69) is 56.1 Å². The lowest BCUT2D eigenvalue weighted by Crippen LogP contribution is -2.48. The molecule has 0 aliphatic carbocycles. The molecule has 150 valence electrons. The van der Waals surface area contributed by atoms with Crippen molar-refractivity contribution in [3.05, 3.63) is 64.7 Å². The number of nitrogens with zero attached hydrogens (tertiary/aromatic N) is 2. The van der Waals surface area contributed by atoms with Crippen molar-refractivity contribution >= 4 is 23.4 Å². The second-order valence-corrected chi connectivity index (χ2v) is 8.42. The molecule has 0 radical (unpaired) electrons. The number of hydrogen-bond donors (Lipinski definition) is 1. The van der Waals surface area contributed by atoms with Crippen LogP contribution in [-0.2, 0) is 4.79 Å². The van der Waals surface area contributed by atoms with Gasteiger partial charge in [0.15, 0.2) is 0 Å². The summed E-state index contributed by atoms with van der Waals surface area (Å²) in [5, 5.41) is 12.4. The zero-order valence-corrected chi connectivity index (χ0v) is 17.9. The monoisotopic (exact) mass is 387 g/mol. The molecule has 29 heavy (non-hydrogen) atoms. The molecule has 1 amide bonds. The Kier molecular flexibility index (Phi) is 5.79. The van der Waals surface area contributed by atoms with E-state index in [9.17, 15) is 10.1 Å². The number of rotatable bonds is 4. The van der Waals surface area contributed by atoms with Gasteiger partial charge < -0.3 is 10.2 Å². The minimum atomic E-state index is -0.385. The van der Waals surface area contributed by atoms with Gasteiger partial charge in [0.05, 0.1) is 0 Å². The molecule has 0 bridgehead atoms. The summed E-state index contributed by atoms with van der Waals surface area (Å²) < 4.78 is 0. The summed E-state index contributed by atoms with van der Waals surface area (Å²) in [6.45, 7) is 11.9. The Hall–Kier alpha value is -3.06. The highest BCUT2D eigenvalue weighted by atomic mass is 16.1. The van der Waals surface area contributed by atoms with Gasteiger partial charge in [0.2, 0.25) is 0 Å². The van der Waals surface area contributed by atoms with E-state index in [-0.39, 0.29) is 17.0 Å². The minimum absolute atomic E-state index is 0.101. The molecule has 4 nitrogen and oxygen atoms in total. The quantitative estimate of drug-likeness (QED) is 0.544. The number of amides is 1. The highest BCUT2D eigenvalue weighted by Gasteiger charge is 2.35. The van der Waals surface area contributed by atoms with E-state index in [4.69, 9.17) is 0 Å². The third-order valence-electron chi connectivity index (χ3n) is 5.80. The Balaban J connectivity index is 1.91. The SMILES string of the molecule is CCN1c2ccc(/C=C(\C#N)C(=O)Nc3ccccc3C)cc2C(C)CC1(C)C. The Morgan fingerprint density at radius 1 is 1.31 bits per heavy atom. The van der Waals surface area contributed by atoms with Crippen LogP contribution in [0.25, 0.3) is 6.08 Å². The lowest BCUT2D eigenvalue weighted by Gasteiger charge is -2.47. The molecule has 0 spiro atoms. The van der Waals surface area contributed by atoms with E-state index in [1.807, 2.05) is 37.3 Å². The molecule has 0 fully saturated rings. The van der Waals surface area contributed by atoms with Crippen LogP contribution >= 0.6 is 0 Å². The van der Waals surface area contributed by atoms with Gasteiger partial charge in [0.25, 0.3) is 5.91 Å². The van der Waals surface area contributed by atoms with Gasteiger partial charge in [-0.15, -0.1) is 0 Å². The number of para-hydroxylation sites is 1. The Morgan fingerprint density at radius 3 is 2.69 bits per heavy atom. The van der Waals surface area contributed by atoms with E-state index in [1.54, 1.807) is 6.08 Å². The highest BCUT2D eigenvalue weighted by molar-refractivity contribution is 6.10. The first kappa shape index (κ1) is 20.7. The van der Waals surface area contributed by atoms with Crippen LogP contribution < -0.4 is 10.2 Å². The van der Waals surface area contributed by atoms with Crippen LogP contribution in [0.5, 0.6) is 0 Å². The predicted molar refractivity (Wildman–Crippen MR) is 120 cm³/mol. The maximum absolute atomic E-state index is 12.6. The summed E-state index contributed by atoms with van der Waals surface area (Å²) in [4.78, 5) is 15.1. The van der Waals surface area contributed by atoms with Gasteiger partial charge in [-0.3, -0.25) is 4.79 Å². The number of benzene rings is 2. The van der Waals surface area contributed by atoms with E-state index in [0.717, 1.165) is 29.8 Å². The molecule has 1 N–H and O–H groups in total. The number of hydrogen-bond acceptors (Lipinski definition) is 3. The lowest BCUT2D eigenvalue weighted by atomic mass is 9.79. The van der Waals surface area contributed by atoms with Crippen molar-refractivity contribution in [1.29, 1.82) is 5.26 Å². The maximum atomic E-state index is 12.6.